The summed E-state index contributed by atoms with van der Waals surface area (Å²) in [4.78, 5) is 11.2. The minimum atomic E-state index is -0.232. The third-order valence-corrected chi connectivity index (χ3v) is 3.17. The van der Waals surface area contributed by atoms with Crippen LogP contribution < -0.4 is 0 Å². The van der Waals surface area contributed by atoms with Crippen molar-refractivity contribution >= 4 is 5.97 Å². The molecular formula is C14H22O2. The molecule has 0 aliphatic heterocycles. The van der Waals surface area contributed by atoms with Gasteiger partial charge in [-0.05, 0) is 38.0 Å². The highest BCUT2D eigenvalue weighted by Gasteiger charge is 2.28. The molecule has 0 aromatic carbocycles. The lowest BCUT2D eigenvalue weighted by Gasteiger charge is -2.34. The van der Waals surface area contributed by atoms with E-state index in [1.807, 2.05) is 13.0 Å². The third kappa shape index (κ3) is 3.51. The zero-order chi connectivity index (χ0) is 12.2. The number of hydrogen-bond acceptors (Lipinski definition) is 2. The Balaban J connectivity index is 2.65. The van der Waals surface area contributed by atoms with Gasteiger partial charge in [-0.3, -0.25) is 0 Å². The van der Waals surface area contributed by atoms with Gasteiger partial charge >= 0.3 is 5.97 Å². The van der Waals surface area contributed by atoms with Crippen LogP contribution in [0.25, 0.3) is 0 Å². The molecule has 0 spiro atoms. The Morgan fingerprint density at radius 3 is 2.88 bits per heavy atom. The number of esters is 1. The number of carbonyl (C=O) groups excluding carboxylic acids is 1. The summed E-state index contributed by atoms with van der Waals surface area (Å²) in [6.07, 6.45) is 8.13. The maximum absolute atomic E-state index is 11.2. The van der Waals surface area contributed by atoms with Crippen LogP contribution in [-0.4, -0.2) is 12.6 Å². The second-order valence-electron chi connectivity index (χ2n) is 5.07. The van der Waals surface area contributed by atoms with Crippen LogP contribution in [0.3, 0.4) is 0 Å². The first-order valence-corrected chi connectivity index (χ1v) is 5.99. The second kappa shape index (κ2) is 5.33. The Kier molecular flexibility index (Phi) is 4.34. The van der Waals surface area contributed by atoms with Crippen molar-refractivity contribution in [3.63, 3.8) is 0 Å². The average Bonchev–Trinajstić information content (AvgIpc) is 2.15. The quantitative estimate of drug-likeness (QED) is 0.415. The molecule has 1 aliphatic carbocycles. The molecular weight excluding hydrogens is 200 g/mol. The van der Waals surface area contributed by atoms with Crippen molar-refractivity contribution < 1.29 is 9.53 Å². The van der Waals surface area contributed by atoms with Gasteiger partial charge < -0.3 is 4.74 Å². The molecule has 2 heteroatoms. The summed E-state index contributed by atoms with van der Waals surface area (Å²) in [5.74, 6) is 0.199. The van der Waals surface area contributed by atoms with Crippen molar-refractivity contribution in [1.82, 2.24) is 0 Å². The van der Waals surface area contributed by atoms with E-state index in [0.717, 1.165) is 12.8 Å². The third-order valence-electron chi connectivity index (χ3n) is 3.17. The van der Waals surface area contributed by atoms with Gasteiger partial charge in [0.15, 0.2) is 0 Å². The van der Waals surface area contributed by atoms with E-state index in [0.29, 0.717) is 12.5 Å². The zero-order valence-electron chi connectivity index (χ0n) is 10.7. The topological polar surface area (TPSA) is 26.3 Å². The van der Waals surface area contributed by atoms with Crippen molar-refractivity contribution in [3.8, 4) is 0 Å². The summed E-state index contributed by atoms with van der Waals surface area (Å²) in [5.41, 5.74) is 1.59. The molecule has 1 unspecified atom stereocenters. The summed E-state index contributed by atoms with van der Waals surface area (Å²) >= 11 is 0. The first kappa shape index (κ1) is 13.0. The molecule has 16 heavy (non-hydrogen) atoms. The number of ether oxygens (including phenoxy) is 1. The predicted molar refractivity (Wildman–Crippen MR) is 66.0 cm³/mol. The Bertz CT molecular complexity index is 311. The van der Waals surface area contributed by atoms with Gasteiger partial charge in [-0.15, -0.1) is 0 Å². The Labute approximate surface area is 98.4 Å². The SMILES string of the molecule is CCOC(=O)/C=C\C1CCC(C)=CC1(C)C. The minimum Gasteiger partial charge on any atom is -0.463 e. The second-order valence-corrected chi connectivity index (χ2v) is 5.07. The summed E-state index contributed by atoms with van der Waals surface area (Å²) in [7, 11) is 0. The molecule has 1 aliphatic rings. The summed E-state index contributed by atoms with van der Waals surface area (Å²) in [5, 5.41) is 0. The number of hydrogen-bond donors (Lipinski definition) is 0. The van der Waals surface area contributed by atoms with E-state index in [-0.39, 0.29) is 11.4 Å². The van der Waals surface area contributed by atoms with Crippen molar-refractivity contribution in [3.05, 3.63) is 23.8 Å². The van der Waals surface area contributed by atoms with Crippen LogP contribution in [0.1, 0.15) is 40.5 Å². The normalized spacial score (nSPS) is 24.2. The average molecular weight is 222 g/mol. The molecule has 0 amide bonds. The number of allylic oxidation sites excluding steroid dienone is 3. The van der Waals surface area contributed by atoms with Gasteiger partial charge in [-0.2, -0.15) is 0 Å². The van der Waals surface area contributed by atoms with Crippen LogP contribution in [0.2, 0.25) is 0 Å². The molecule has 0 saturated heterocycles. The molecule has 1 rings (SSSR count). The maximum atomic E-state index is 11.2. The van der Waals surface area contributed by atoms with Crippen LogP contribution in [-0.2, 0) is 9.53 Å². The molecule has 1 atom stereocenters. The van der Waals surface area contributed by atoms with Gasteiger partial charge in [0.1, 0.15) is 0 Å². The Morgan fingerprint density at radius 1 is 1.62 bits per heavy atom. The van der Waals surface area contributed by atoms with E-state index in [9.17, 15) is 4.79 Å². The van der Waals surface area contributed by atoms with E-state index < -0.39 is 0 Å². The fourth-order valence-corrected chi connectivity index (χ4v) is 2.30. The Hall–Kier alpha value is -1.05. The fourth-order valence-electron chi connectivity index (χ4n) is 2.30. The lowest BCUT2D eigenvalue weighted by atomic mass is 9.71. The van der Waals surface area contributed by atoms with Gasteiger partial charge in [0.2, 0.25) is 0 Å². The molecule has 0 bridgehead atoms. The maximum Gasteiger partial charge on any atom is 0.330 e. The van der Waals surface area contributed by atoms with Crippen LogP contribution >= 0.6 is 0 Å². The molecule has 0 saturated carbocycles. The standard InChI is InChI=1S/C14H22O2/c1-5-16-13(15)9-8-12-7-6-11(2)10-14(12,3)4/h8-10,12H,5-7H2,1-4H3/b9-8-. The number of carbonyl (C=O) groups is 1. The molecule has 0 radical (unpaired) electrons. The largest absolute Gasteiger partial charge is 0.463 e. The molecule has 0 heterocycles. The van der Waals surface area contributed by atoms with E-state index in [1.54, 1.807) is 6.08 Å². The van der Waals surface area contributed by atoms with Gasteiger partial charge in [0, 0.05) is 6.08 Å². The van der Waals surface area contributed by atoms with E-state index in [4.69, 9.17) is 4.74 Å². The van der Waals surface area contributed by atoms with Gasteiger partial charge in [-0.25, -0.2) is 4.79 Å². The lowest BCUT2D eigenvalue weighted by molar-refractivity contribution is -0.137. The van der Waals surface area contributed by atoms with Crippen LogP contribution in [0.15, 0.2) is 23.8 Å². The van der Waals surface area contributed by atoms with Crippen LogP contribution in [0, 0.1) is 11.3 Å². The van der Waals surface area contributed by atoms with Crippen molar-refractivity contribution in [2.24, 2.45) is 11.3 Å². The Morgan fingerprint density at radius 2 is 2.31 bits per heavy atom. The van der Waals surface area contributed by atoms with Crippen molar-refractivity contribution in [2.75, 3.05) is 6.61 Å². The van der Waals surface area contributed by atoms with Crippen LogP contribution in [0.5, 0.6) is 0 Å². The molecule has 0 aromatic heterocycles. The highest BCUT2D eigenvalue weighted by molar-refractivity contribution is 5.81. The summed E-state index contributed by atoms with van der Waals surface area (Å²) in [6, 6.07) is 0. The molecule has 0 fully saturated rings. The van der Waals surface area contributed by atoms with Gasteiger partial charge in [0.05, 0.1) is 6.61 Å². The molecule has 2 nitrogen and oxygen atoms in total. The van der Waals surface area contributed by atoms with E-state index >= 15 is 0 Å². The highest BCUT2D eigenvalue weighted by atomic mass is 16.5. The predicted octanol–water partition coefficient (Wildman–Crippen LogP) is 3.49. The summed E-state index contributed by atoms with van der Waals surface area (Å²) in [6.45, 7) is 8.87. The first-order valence-electron chi connectivity index (χ1n) is 5.99. The highest BCUT2D eigenvalue weighted by Crippen LogP contribution is 2.39. The van der Waals surface area contributed by atoms with Gasteiger partial charge in [0.25, 0.3) is 0 Å². The van der Waals surface area contributed by atoms with E-state index in [1.165, 1.54) is 5.57 Å². The van der Waals surface area contributed by atoms with Gasteiger partial charge in [-0.1, -0.05) is 31.6 Å². The smallest absolute Gasteiger partial charge is 0.330 e. The monoisotopic (exact) mass is 222 g/mol. The number of rotatable bonds is 3. The van der Waals surface area contributed by atoms with E-state index in [2.05, 4.69) is 26.8 Å². The van der Waals surface area contributed by atoms with Crippen LogP contribution in [0.4, 0.5) is 0 Å². The molecule has 0 aromatic rings. The fraction of sp³-hybridized carbons (Fsp3) is 0.643. The summed E-state index contributed by atoms with van der Waals surface area (Å²) < 4.78 is 4.88. The molecule has 90 valence electrons. The van der Waals surface area contributed by atoms with Crippen molar-refractivity contribution in [2.45, 2.75) is 40.5 Å². The van der Waals surface area contributed by atoms with Crippen molar-refractivity contribution in [1.29, 1.82) is 0 Å². The zero-order valence-corrected chi connectivity index (χ0v) is 10.7. The molecule has 0 N–H and O–H groups in total. The first-order chi connectivity index (χ1) is 7.45. The lowest BCUT2D eigenvalue weighted by Crippen LogP contribution is -2.24. The minimum absolute atomic E-state index is 0.144.